The van der Waals surface area contributed by atoms with Gasteiger partial charge in [-0.2, -0.15) is 0 Å². The topological polar surface area (TPSA) is 111 Å². The molecule has 0 aliphatic rings. The number of nitrogen functional groups attached to an aromatic ring is 1. The molecule has 6 nitrogen and oxygen atoms in total. The molecule has 1 aromatic heterocycles. The second-order valence-electron chi connectivity index (χ2n) is 3.07. The lowest BCUT2D eigenvalue weighted by Crippen LogP contribution is -2.28. The van der Waals surface area contributed by atoms with Crippen molar-refractivity contribution in [3.8, 4) is 0 Å². The van der Waals surface area contributed by atoms with Crippen molar-refractivity contribution in [3.05, 3.63) is 23.0 Å². The molecular formula is C9H11ClN4O2. The first-order valence-corrected chi connectivity index (χ1v) is 4.86. The van der Waals surface area contributed by atoms with Crippen molar-refractivity contribution < 1.29 is 9.59 Å². The first kappa shape index (κ1) is 12.3. The van der Waals surface area contributed by atoms with Crippen LogP contribution in [0.4, 0.5) is 5.69 Å². The Hall–Kier alpha value is -1.82. The molecule has 0 bridgehead atoms. The van der Waals surface area contributed by atoms with Gasteiger partial charge < -0.3 is 16.8 Å². The number of hydrogen-bond acceptors (Lipinski definition) is 4. The third kappa shape index (κ3) is 3.39. The molecule has 0 spiro atoms. The van der Waals surface area contributed by atoms with Crippen molar-refractivity contribution in [1.82, 2.24) is 10.3 Å². The molecule has 0 fully saturated rings. The number of aromatic nitrogens is 1. The molecule has 0 aliphatic carbocycles. The summed E-state index contributed by atoms with van der Waals surface area (Å²) < 4.78 is 0. The number of nitrogens with two attached hydrogens (primary N) is 2. The molecule has 1 heterocycles. The average molecular weight is 243 g/mol. The highest BCUT2D eigenvalue weighted by Gasteiger charge is 2.10. The second kappa shape index (κ2) is 5.32. The summed E-state index contributed by atoms with van der Waals surface area (Å²) in [5.41, 5.74) is 10.9. The van der Waals surface area contributed by atoms with Crippen LogP contribution in [0.15, 0.2) is 12.3 Å². The fraction of sp³-hybridized carbons (Fsp3) is 0.222. The van der Waals surface area contributed by atoms with Gasteiger partial charge in [0, 0.05) is 13.0 Å². The summed E-state index contributed by atoms with van der Waals surface area (Å²) in [7, 11) is 0. The van der Waals surface area contributed by atoms with Gasteiger partial charge in [-0.15, -0.1) is 0 Å². The number of amides is 2. The van der Waals surface area contributed by atoms with Crippen molar-refractivity contribution in [2.75, 3.05) is 12.3 Å². The van der Waals surface area contributed by atoms with Gasteiger partial charge in [0.05, 0.1) is 17.4 Å². The van der Waals surface area contributed by atoms with E-state index in [1.165, 1.54) is 12.3 Å². The second-order valence-corrected chi connectivity index (χ2v) is 3.45. The Morgan fingerprint density at radius 3 is 2.81 bits per heavy atom. The number of halogens is 1. The molecule has 7 heteroatoms. The van der Waals surface area contributed by atoms with Gasteiger partial charge in [-0.1, -0.05) is 11.6 Å². The quantitative estimate of drug-likeness (QED) is 0.641. The summed E-state index contributed by atoms with van der Waals surface area (Å²) in [6.07, 6.45) is 1.37. The standard InChI is InChI=1S/C9H11ClN4O2/c10-7-3-5(6(11)4-14-7)9(16)13-2-1-8(12)15/h3-4H,1-2,11H2,(H2,12,15)(H,13,16). The van der Waals surface area contributed by atoms with Gasteiger partial charge in [-0.25, -0.2) is 4.98 Å². The number of carbonyl (C=O) groups excluding carboxylic acids is 2. The minimum Gasteiger partial charge on any atom is -0.397 e. The van der Waals surface area contributed by atoms with E-state index in [-0.39, 0.29) is 29.4 Å². The van der Waals surface area contributed by atoms with E-state index in [0.29, 0.717) is 0 Å². The van der Waals surface area contributed by atoms with Crippen LogP contribution < -0.4 is 16.8 Å². The Kier molecular flexibility index (Phi) is 4.07. The summed E-state index contributed by atoms with van der Waals surface area (Å²) in [6.45, 7) is 0.160. The fourth-order valence-corrected chi connectivity index (χ4v) is 1.19. The van der Waals surface area contributed by atoms with Gasteiger partial charge in [0.25, 0.3) is 5.91 Å². The first-order chi connectivity index (χ1) is 7.50. The predicted molar refractivity (Wildman–Crippen MR) is 59.8 cm³/mol. The minimum absolute atomic E-state index is 0.0739. The first-order valence-electron chi connectivity index (χ1n) is 4.48. The third-order valence-corrected chi connectivity index (χ3v) is 2.01. The Balaban J connectivity index is 2.65. The minimum atomic E-state index is -0.485. The van der Waals surface area contributed by atoms with Gasteiger partial charge in [0.15, 0.2) is 0 Å². The predicted octanol–water partition coefficient (Wildman–Crippen LogP) is -0.0776. The highest BCUT2D eigenvalue weighted by molar-refractivity contribution is 6.29. The van der Waals surface area contributed by atoms with Crippen LogP contribution in [-0.2, 0) is 4.79 Å². The van der Waals surface area contributed by atoms with Crippen LogP contribution in [0.3, 0.4) is 0 Å². The van der Waals surface area contributed by atoms with E-state index in [0.717, 1.165) is 0 Å². The van der Waals surface area contributed by atoms with Crippen molar-refractivity contribution in [2.24, 2.45) is 5.73 Å². The fourth-order valence-electron chi connectivity index (χ4n) is 1.03. The number of pyridine rings is 1. The number of hydrogen-bond donors (Lipinski definition) is 3. The van der Waals surface area contributed by atoms with Crippen LogP contribution in [0.2, 0.25) is 5.15 Å². The Morgan fingerprint density at radius 2 is 2.19 bits per heavy atom. The lowest BCUT2D eigenvalue weighted by atomic mass is 10.2. The zero-order chi connectivity index (χ0) is 12.1. The van der Waals surface area contributed by atoms with Crippen LogP contribution >= 0.6 is 11.6 Å². The number of carbonyl (C=O) groups is 2. The Bertz CT molecular complexity index is 422. The van der Waals surface area contributed by atoms with Crippen molar-refractivity contribution in [3.63, 3.8) is 0 Å². The highest BCUT2D eigenvalue weighted by Crippen LogP contribution is 2.14. The molecule has 86 valence electrons. The molecule has 0 aromatic carbocycles. The smallest absolute Gasteiger partial charge is 0.253 e. The van der Waals surface area contributed by atoms with Crippen molar-refractivity contribution in [1.29, 1.82) is 0 Å². The molecular weight excluding hydrogens is 232 g/mol. The van der Waals surface area contributed by atoms with Crippen LogP contribution in [0.1, 0.15) is 16.8 Å². The largest absolute Gasteiger partial charge is 0.397 e. The van der Waals surface area contributed by atoms with E-state index < -0.39 is 11.8 Å². The molecule has 0 aliphatic heterocycles. The molecule has 16 heavy (non-hydrogen) atoms. The lowest BCUT2D eigenvalue weighted by molar-refractivity contribution is -0.117. The normalized spacial score (nSPS) is 9.81. The van der Waals surface area contributed by atoms with Gasteiger partial charge in [0.2, 0.25) is 5.91 Å². The SMILES string of the molecule is NC(=O)CCNC(=O)c1cc(Cl)ncc1N. The number of nitrogens with zero attached hydrogens (tertiary/aromatic N) is 1. The van der Waals surface area contributed by atoms with E-state index in [1.807, 2.05) is 0 Å². The van der Waals surface area contributed by atoms with Gasteiger partial charge in [0.1, 0.15) is 5.15 Å². The maximum Gasteiger partial charge on any atom is 0.253 e. The van der Waals surface area contributed by atoms with Gasteiger partial charge in [-0.3, -0.25) is 9.59 Å². The molecule has 0 radical (unpaired) electrons. The molecule has 1 aromatic rings. The van der Waals surface area contributed by atoms with Crippen LogP contribution in [-0.4, -0.2) is 23.3 Å². The molecule has 0 saturated heterocycles. The average Bonchev–Trinajstić information content (AvgIpc) is 2.21. The van der Waals surface area contributed by atoms with Crippen molar-refractivity contribution >= 4 is 29.1 Å². The Morgan fingerprint density at radius 1 is 1.50 bits per heavy atom. The number of anilines is 1. The van der Waals surface area contributed by atoms with E-state index in [1.54, 1.807) is 0 Å². The Labute approximate surface area is 97.0 Å². The zero-order valence-electron chi connectivity index (χ0n) is 8.37. The number of rotatable bonds is 4. The highest BCUT2D eigenvalue weighted by atomic mass is 35.5. The summed E-state index contributed by atoms with van der Waals surface area (Å²) in [5.74, 6) is -0.899. The van der Waals surface area contributed by atoms with Crippen LogP contribution in [0.25, 0.3) is 0 Å². The van der Waals surface area contributed by atoms with Crippen LogP contribution in [0, 0.1) is 0 Å². The van der Waals surface area contributed by atoms with E-state index >= 15 is 0 Å². The summed E-state index contributed by atoms with van der Waals surface area (Å²) >= 11 is 5.62. The van der Waals surface area contributed by atoms with E-state index in [2.05, 4.69) is 10.3 Å². The molecule has 2 amide bonds. The maximum atomic E-state index is 11.6. The van der Waals surface area contributed by atoms with E-state index in [9.17, 15) is 9.59 Å². The summed E-state index contributed by atoms with van der Waals surface area (Å²) in [5, 5.41) is 2.67. The van der Waals surface area contributed by atoms with Gasteiger partial charge >= 0.3 is 0 Å². The molecule has 1 rings (SSSR count). The van der Waals surface area contributed by atoms with Crippen molar-refractivity contribution in [2.45, 2.75) is 6.42 Å². The lowest BCUT2D eigenvalue weighted by Gasteiger charge is -2.06. The molecule has 0 saturated carbocycles. The monoisotopic (exact) mass is 242 g/mol. The summed E-state index contributed by atoms with van der Waals surface area (Å²) in [6, 6.07) is 1.36. The molecule has 5 N–H and O–H groups in total. The summed E-state index contributed by atoms with van der Waals surface area (Å²) in [4.78, 5) is 25.7. The maximum absolute atomic E-state index is 11.6. The number of primary amides is 1. The molecule has 0 unspecified atom stereocenters. The van der Waals surface area contributed by atoms with E-state index in [4.69, 9.17) is 23.1 Å². The molecule has 0 atom stereocenters. The number of nitrogens with one attached hydrogen (secondary N) is 1. The van der Waals surface area contributed by atoms with Gasteiger partial charge in [-0.05, 0) is 6.07 Å². The van der Waals surface area contributed by atoms with Crippen LogP contribution in [0.5, 0.6) is 0 Å². The zero-order valence-corrected chi connectivity index (χ0v) is 9.12. The third-order valence-electron chi connectivity index (χ3n) is 1.80.